The van der Waals surface area contributed by atoms with Gasteiger partial charge in [-0.1, -0.05) is 0 Å². The van der Waals surface area contributed by atoms with Gasteiger partial charge >= 0.3 is 0 Å². The van der Waals surface area contributed by atoms with Crippen molar-refractivity contribution in [1.29, 1.82) is 0 Å². The third kappa shape index (κ3) is 3.74. The molecule has 6 rings (SSSR count). The molecule has 2 amide bonds. The van der Waals surface area contributed by atoms with E-state index in [1.54, 1.807) is 53.0 Å². The summed E-state index contributed by atoms with van der Waals surface area (Å²) in [7, 11) is 0. The molecule has 1 aliphatic carbocycles. The molecule has 0 unspecified atom stereocenters. The van der Waals surface area contributed by atoms with E-state index in [9.17, 15) is 19.1 Å². The average Bonchev–Trinajstić information content (AvgIpc) is 3.40. The Morgan fingerprint density at radius 2 is 2.05 bits per heavy atom. The van der Waals surface area contributed by atoms with Gasteiger partial charge < -0.3 is 24.5 Å². The summed E-state index contributed by atoms with van der Waals surface area (Å²) in [5, 5.41) is 17.5. The number of rotatable bonds is 5. The van der Waals surface area contributed by atoms with Crippen molar-refractivity contribution in [2.45, 2.75) is 58.0 Å². The first-order valence-corrected chi connectivity index (χ1v) is 12.3. The number of benzene rings is 1. The van der Waals surface area contributed by atoms with E-state index < -0.39 is 18.3 Å². The Hall–Kier alpha value is -3.92. The van der Waals surface area contributed by atoms with Crippen LogP contribution >= 0.6 is 0 Å². The third-order valence-electron chi connectivity index (χ3n) is 7.61. The van der Waals surface area contributed by atoms with Crippen LogP contribution in [-0.2, 0) is 0 Å². The summed E-state index contributed by atoms with van der Waals surface area (Å²) >= 11 is 0. The number of ether oxygens (including phenoxy) is 1. The SMILES string of the molecule is Cc1oc2cc(Oc3ccnn4cc(C(=O)N5C[C@H](O)[C@@H]5C)c(C)c34)ccc2c1C(=O)N[C@@H]1CC[C@@H]1F. The first-order chi connectivity index (χ1) is 17.7. The minimum atomic E-state index is -1.01. The molecule has 37 heavy (non-hydrogen) atoms. The number of amides is 2. The molecule has 1 saturated carbocycles. The number of hydrogen-bond donors (Lipinski definition) is 2. The van der Waals surface area contributed by atoms with Crippen molar-refractivity contribution in [2.75, 3.05) is 6.54 Å². The first kappa shape index (κ1) is 23.5. The van der Waals surface area contributed by atoms with E-state index in [0.717, 1.165) is 5.56 Å². The second-order valence-electron chi connectivity index (χ2n) is 9.89. The van der Waals surface area contributed by atoms with E-state index in [4.69, 9.17) is 9.15 Å². The Morgan fingerprint density at radius 3 is 2.73 bits per heavy atom. The predicted molar refractivity (Wildman–Crippen MR) is 133 cm³/mol. The molecule has 1 aromatic carbocycles. The monoisotopic (exact) mass is 506 g/mol. The summed E-state index contributed by atoms with van der Waals surface area (Å²) < 4.78 is 27.3. The summed E-state index contributed by atoms with van der Waals surface area (Å²) in [5.74, 6) is 0.922. The van der Waals surface area contributed by atoms with Gasteiger partial charge in [0, 0.05) is 30.3 Å². The quantitative estimate of drug-likeness (QED) is 0.425. The molecule has 4 atom stereocenters. The highest BCUT2D eigenvalue weighted by Gasteiger charge is 2.39. The smallest absolute Gasteiger partial charge is 0.256 e. The van der Waals surface area contributed by atoms with Gasteiger partial charge in [0.25, 0.3) is 11.8 Å². The van der Waals surface area contributed by atoms with E-state index in [2.05, 4.69) is 10.4 Å². The summed E-state index contributed by atoms with van der Waals surface area (Å²) in [4.78, 5) is 27.5. The average molecular weight is 507 g/mol. The molecule has 0 bridgehead atoms. The third-order valence-corrected chi connectivity index (χ3v) is 7.61. The van der Waals surface area contributed by atoms with Crippen molar-refractivity contribution < 1.29 is 28.2 Å². The summed E-state index contributed by atoms with van der Waals surface area (Å²) in [6.07, 6.45) is 2.84. The summed E-state index contributed by atoms with van der Waals surface area (Å²) in [6, 6.07) is 6.21. The number of nitrogens with zero attached hydrogens (tertiary/aromatic N) is 3. The van der Waals surface area contributed by atoms with Crippen molar-refractivity contribution in [3.05, 3.63) is 59.1 Å². The maximum absolute atomic E-state index is 13.6. The maximum Gasteiger partial charge on any atom is 0.256 e. The topological polar surface area (TPSA) is 109 Å². The number of nitrogens with one attached hydrogen (secondary N) is 1. The van der Waals surface area contributed by atoms with Crippen LogP contribution in [0.4, 0.5) is 4.39 Å². The highest BCUT2D eigenvalue weighted by atomic mass is 19.1. The van der Waals surface area contributed by atoms with Crippen LogP contribution < -0.4 is 10.1 Å². The number of fused-ring (bicyclic) bond motifs is 2. The van der Waals surface area contributed by atoms with Crippen LogP contribution in [0.3, 0.4) is 0 Å². The van der Waals surface area contributed by atoms with E-state index in [1.165, 1.54) is 0 Å². The fourth-order valence-electron chi connectivity index (χ4n) is 5.07. The molecule has 1 saturated heterocycles. The lowest BCUT2D eigenvalue weighted by atomic mass is 9.90. The molecule has 3 aromatic heterocycles. The number of furan rings is 1. The summed E-state index contributed by atoms with van der Waals surface area (Å²) in [6.45, 7) is 5.67. The Bertz CT molecular complexity index is 1560. The Kier molecular flexibility index (Phi) is 5.45. The number of alkyl halides is 1. The maximum atomic E-state index is 13.6. The van der Waals surface area contributed by atoms with Gasteiger partial charge in [0.15, 0.2) is 5.75 Å². The Balaban J connectivity index is 1.29. The van der Waals surface area contributed by atoms with Gasteiger partial charge in [-0.05, 0) is 51.3 Å². The molecule has 2 aliphatic rings. The van der Waals surface area contributed by atoms with Crippen LogP contribution in [0.15, 0.2) is 41.1 Å². The van der Waals surface area contributed by atoms with Crippen LogP contribution in [0.25, 0.3) is 16.5 Å². The number of halogens is 1. The number of carbonyl (C=O) groups is 2. The Labute approximate surface area is 211 Å². The van der Waals surface area contributed by atoms with Crippen LogP contribution in [0.5, 0.6) is 11.5 Å². The van der Waals surface area contributed by atoms with Gasteiger partial charge in [0.1, 0.15) is 28.8 Å². The lowest BCUT2D eigenvalue weighted by Crippen LogP contribution is -2.60. The van der Waals surface area contributed by atoms with E-state index in [-0.39, 0.29) is 17.9 Å². The normalized spacial score (nSPS) is 23.1. The van der Waals surface area contributed by atoms with Gasteiger partial charge in [0.05, 0.1) is 35.5 Å². The standard InChI is InChI=1S/C27H27FN4O5/c1-13-18(27(35)31-12-21(33)14(31)2)11-32-25(13)22(8-9-29-32)37-16-4-5-17-23(10-16)36-15(3)24(17)26(34)30-20-7-6-19(20)28/h4-5,8-11,14,19-21,33H,6-7,12H2,1-3H3,(H,30,34)/t14-,19-,20+,21-/m0/s1. The zero-order valence-corrected chi connectivity index (χ0v) is 20.7. The van der Waals surface area contributed by atoms with Gasteiger partial charge in [-0.3, -0.25) is 9.59 Å². The molecule has 1 aliphatic heterocycles. The minimum absolute atomic E-state index is 0.161. The van der Waals surface area contributed by atoms with Crippen LogP contribution in [0.1, 0.15) is 51.8 Å². The minimum Gasteiger partial charge on any atom is -0.460 e. The highest BCUT2D eigenvalue weighted by molar-refractivity contribution is 6.07. The largest absolute Gasteiger partial charge is 0.460 e. The fraction of sp³-hybridized carbons (Fsp3) is 0.370. The molecule has 0 spiro atoms. The number of β-amino-alcohol motifs (C(OH)–C–C–N with tert-alkyl or cyclic N) is 1. The lowest BCUT2D eigenvalue weighted by Gasteiger charge is -2.43. The molecular weight excluding hydrogens is 479 g/mol. The van der Waals surface area contributed by atoms with Gasteiger partial charge in [-0.15, -0.1) is 0 Å². The molecule has 4 aromatic rings. The van der Waals surface area contributed by atoms with E-state index in [0.29, 0.717) is 64.3 Å². The second kappa shape index (κ2) is 8.58. The van der Waals surface area contributed by atoms with Gasteiger partial charge in [0.2, 0.25) is 0 Å². The molecule has 9 nitrogen and oxygen atoms in total. The second-order valence-corrected chi connectivity index (χ2v) is 9.89. The molecule has 192 valence electrons. The van der Waals surface area contributed by atoms with Gasteiger partial charge in [-0.2, -0.15) is 5.10 Å². The number of hydrogen-bond acceptors (Lipinski definition) is 6. The molecule has 4 heterocycles. The molecule has 0 radical (unpaired) electrons. The van der Waals surface area contributed by atoms with Gasteiger partial charge in [-0.25, -0.2) is 8.91 Å². The predicted octanol–water partition coefficient (Wildman–Crippen LogP) is 3.93. The van der Waals surface area contributed by atoms with Crippen molar-refractivity contribution >= 4 is 28.3 Å². The van der Waals surface area contributed by atoms with E-state index in [1.807, 2.05) is 13.8 Å². The number of aliphatic hydroxyl groups excluding tert-OH is 1. The van der Waals surface area contributed by atoms with Crippen molar-refractivity contribution in [1.82, 2.24) is 19.8 Å². The number of likely N-dealkylation sites (tertiary alicyclic amines) is 1. The van der Waals surface area contributed by atoms with Crippen LogP contribution in [0.2, 0.25) is 0 Å². The number of aliphatic hydroxyl groups is 1. The molecule has 2 fully saturated rings. The van der Waals surface area contributed by atoms with Crippen molar-refractivity contribution in [3.8, 4) is 11.5 Å². The molecule has 10 heteroatoms. The molecular formula is C27H27FN4O5. The zero-order valence-electron chi connectivity index (χ0n) is 20.7. The molecule has 2 N–H and O–H groups in total. The Morgan fingerprint density at radius 1 is 1.24 bits per heavy atom. The van der Waals surface area contributed by atoms with Crippen molar-refractivity contribution in [3.63, 3.8) is 0 Å². The number of aryl methyl sites for hydroxylation is 2. The fourth-order valence-corrected chi connectivity index (χ4v) is 5.07. The lowest BCUT2D eigenvalue weighted by molar-refractivity contribution is -0.0357. The van der Waals surface area contributed by atoms with E-state index >= 15 is 0 Å². The zero-order chi connectivity index (χ0) is 26.0. The number of carbonyl (C=O) groups excluding carboxylic acids is 2. The number of aromatic nitrogens is 2. The van der Waals surface area contributed by atoms with Crippen molar-refractivity contribution in [2.24, 2.45) is 0 Å². The highest BCUT2D eigenvalue weighted by Crippen LogP contribution is 2.35. The van der Waals surface area contributed by atoms with Crippen LogP contribution in [-0.4, -0.2) is 62.3 Å². The first-order valence-electron chi connectivity index (χ1n) is 12.3. The summed E-state index contributed by atoms with van der Waals surface area (Å²) in [5.41, 5.74) is 2.73. The van der Waals surface area contributed by atoms with Crippen LogP contribution in [0, 0.1) is 13.8 Å².